The van der Waals surface area contributed by atoms with E-state index in [0.29, 0.717) is 0 Å². The molecule has 1 saturated carbocycles. The van der Waals surface area contributed by atoms with E-state index in [1.165, 1.54) is 31.2 Å². The largest absolute Gasteiger partial charge is 0.387 e. The number of amides is 2. The summed E-state index contributed by atoms with van der Waals surface area (Å²) in [7, 11) is 3.04. The summed E-state index contributed by atoms with van der Waals surface area (Å²) in [4.78, 5) is 57.1. The lowest BCUT2D eigenvalue weighted by molar-refractivity contribution is -0.232. The molecule has 4 heterocycles. The van der Waals surface area contributed by atoms with Crippen molar-refractivity contribution in [2.45, 2.75) is 125 Å². The van der Waals surface area contributed by atoms with E-state index in [1.54, 1.807) is 18.0 Å². The van der Waals surface area contributed by atoms with Gasteiger partial charge in [0.1, 0.15) is 54.5 Å². The van der Waals surface area contributed by atoms with Crippen LogP contribution in [0.3, 0.4) is 0 Å². The van der Waals surface area contributed by atoms with Crippen molar-refractivity contribution in [1.29, 1.82) is 0 Å². The molecule has 17 heteroatoms. The number of hydrogen-bond donors (Lipinski definition) is 7. The first-order valence-electron chi connectivity index (χ1n) is 17.1. The first-order chi connectivity index (χ1) is 23.4. The summed E-state index contributed by atoms with van der Waals surface area (Å²) in [6.07, 6.45) is -1.40. The normalized spacial score (nSPS) is 34.8. The summed E-state index contributed by atoms with van der Waals surface area (Å²) in [5.74, 6) is -1.03. The van der Waals surface area contributed by atoms with Gasteiger partial charge in [-0.05, 0) is 26.0 Å². The van der Waals surface area contributed by atoms with Gasteiger partial charge >= 0.3 is 5.69 Å². The van der Waals surface area contributed by atoms with E-state index in [9.17, 15) is 39.6 Å². The molecule has 3 fully saturated rings. The summed E-state index contributed by atoms with van der Waals surface area (Å²) < 4.78 is 18.7. The number of nitrogens with zero attached hydrogens (tertiary/aromatic N) is 3. The second-order valence-electron chi connectivity index (χ2n) is 13.4. The highest BCUT2D eigenvalue weighted by molar-refractivity contribution is 5.99. The highest BCUT2D eigenvalue weighted by Gasteiger charge is 2.55. The Bertz CT molecular complexity index is 1440. The molecule has 274 valence electrons. The van der Waals surface area contributed by atoms with Gasteiger partial charge in [-0.25, -0.2) is 4.79 Å². The Morgan fingerprint density at radius 2 is 1.63 bits per heavy atom. The predicted octanol–water partition coefficient (Wildman–Crippen LogP) is -2.39. The minimum Gasteiger partial charge on any atom is -0.387 e. The first-order valence-corrected chi connectivity index (χ1v) is 17.1. The summed E-state index contributed by atoms with van der Waals surface area (Å²) in [6, 6.07) is -0.303. The van der Waals surface area contributed by atoms with Gasteiger partial charge in [-0.15, -0.1) is 0 Å². The van der Waals surface area contributed by atoms with Crippen LogP contribution in [0.5, 0.6) is 0 Å². The van der Waals surface area contributed by atoms with Crippen LogP contribution in [0.4, 0.5) is 0 Å². The van der Waals surface area contributed by atoms with E-state index in [1.807, 2.05) is 0 Å². The lowest BCUT2D eigenvalue weighted by atomic mass is 9.97. The van der Waals surface area contributed by atoms with Crippen molar-refractivity contribution in [3.8, 4) is 0 Å². The van der Waals surface area contributed by atoms with Crippen LogP contribution in [0, 0.1) is 0 Å². The Balaban J connectivity index is 1.42. The second-order valence-corrected chi connectivity index (χ2v) is 13.4. The zero-order valence-electron chi connectivity index (χ0n) is 27.9. The third kappa shape index (κ3) is 8.16. The average molecular weight is 695 g/mol. The SMILES string of the molecule is CN1C(=O)[C@H]([C@H](O[C@@H]2O[C@H](CN)[C@@H](O)[C@H]2O)[C@H]2O[C@@H](n3ccc(=O)[nH]c3=O)[C@H](O)[C@@H]2O)N(C)CC=C1C(=O)NC1CCCCCCCCC1. The summed E-state index contributed by atoms with van der Waals surface area (Å²) in [6.45, 7) is -0.0834. The lowest BCUT2D eigenvalue weighted by Crippen LogP contribution is -2.59. The molecule has 2 amide bonds. The standard InChI is InChI=1S/C32H50N6O11/c1-36-14-12-18(28(44)34-17-10-8-6-4-3-5-7-9-11-17)37(2)29(45)21(36)26(49-31-25(43)22(40)19(16-33)47-31)27-23(41)24(42)30(48-27)38-15-13-20(39)35-32(38)46/h12-13,15,17,19,21-27,30-31,40-43H,3-11,14,16,33H2,1-2H3,(H,34,44)(H,35,39,46)/t19-,21+,22-,23+,24-,25-,26+,27+,30-,31+/m1/s1. The van der Waals surface area contributed by atoms with E-state index in [0.717, 1.165) is 55.4 Å². The van der Waals surface area contributed by atoms with Gasteiger partial charge in [0.15, 0.2) is 12.5 Å². The number of nitrogens with one attached hydrogen (secondary N) is 2. The molecule has 0 spiro atoms. The number of carbonyl (C=O) groups excluding carboxylic acids is 2. The Kier molecular flexibility index (Phi) is 12.4. The van der Waals surface area contributed by atoms with Gasteiger partial charge in [-0.1, -0.05) is 44.9 Å². The molecule has 49 heavy (non-hydrogen) atoms. The topological polar surface area (TPSA) is 242 Å². The number of likely N-dealkylation sites (N-methyl/N-ethyl adjacent to an activating group) is 2. The van der Waals surface area contributed by atoms with Gasteiger partial charge in [-0.2, -0.15) is 0 Å². The van der Waals surface area contributed by atoms with Crippen molar-refractivity contribution in [2.75, 3.05) is 27.2 Å². The Morgan fingerprint density at radius 3 is 2.24 bits per heavy atom. The zero-order chi connectivity index (χ0) is 35.4. The fraction of sp³-hybridized carbons (Fsp3) is 0.750. The van der Waals surface area contributed by atoms with Crippen LogP contribution in [0.1, 0.15) is 64.0 Å². The van der Waals surface area contributed by atoms with Crippen molar-refractivity contribution in [2.24, 2.45) is 5.73 Å². The molecule has 1 aromatic heterocycles. The maximum atomic E-state index is 14.3. The Morgan fingerprint density at radius 1 is 0.980 bits per heavy atom. The van der Waals surface area contributed by atoms with Gasteiger partial charge in [0.2, 0.25) is 5.91 Å². The summed E-state index contributed by atoms with van der Waals surface area (Å²) in [5, 5.41) is 46.7. The van der Waals surface area contributed by atoms with Crippen LogP contribution in [-0.2, 0) is 23.8 Å². The van der Waals surface area contributed by atoms with Crippen LogP contribution in [0.15, 0.2) is 33.6 Å². The molecular formula is C32H50N6O11. The Labute approximate surface area is 283 Å². The molecule has 1 aliphatic carbocycles. The van der Waals surface area contributed by atoms with Crippen molar-refractivity contribution in [1.82, 2.24) is 24.7 Å². The van der Waals surface area contributed by atoms with E-state index in [-0.39, 0.29) is 24.8 Å². The number of aliphatic hydroxyl groups excluding tert-OH is 4. The molecule has 2 saturated heterocycles. The Hall–Kier alpha value is -3.00. The number of aromatic nitrogens is 2. The molecule has 8 N–H and O–H groups in total. The van der Waals surface area contributed by atoms with Crippen molar-refractivity contribution < 1.29 is 44.2 Å². The second kappa shape index (κ2) is 16.3. The van der Waals surface area contributed by atoms with E-state index < -0.39 is 84.4 Å². The highest BCUT2D eigenvalue weighted by Crippen LogP contribution is 2.36. The molecule has 17 nitrogen and oxygen atoms in total. The van der Waals surface area contributed by atoms with Crippen molar-refractivity contribution in [3.05, 3.63) is 44.9 Å². The van der Waals surface area contributed by atoms with E-state index >= 15 is 0 Å². The molecule has 0 bridgehead atoms. The lowest BCUT2D eigenvalue weighted by Gasteiger charge is -2.38. The first kappa shape index (κ1) is 37.3. The molecule has 0 unspecified atom stereocenters. The number of H-pyrrole nitrogens is 1. The third-order valence-corrected chi connectivity index (χ3v) is 10.0. The summed E-state index contributed by atoms with van der Waals surface area (Å²) in [5.41, 5.74) is 4.22. The highest BCUT2D eigenvalue weighted by atomic mass is 16.7. The number of carbonyl (C=O) groups is 2. The maximum Gasteiger partial charge on any atom is 0.330 e. The van der Waals surface area contributed by atoms with Crippen LogP contribution in [-0.4, -0.2) is 140 Å². The van der Waals surface area contributed by atoms with Gasteiger partial charge in [-0.3, -0.25) is 28.8 Å². The van der Waals surface area contributed by atoms with Gasteiger partial charge < -0.3 is 50.6 Å². The van der Waals surface area contributed by atoms with E-state index in [2.05, 4.69) is 10.3 Å². The van der Waals surface area contributed by atoms with Crippen molar-refractivity contribution >= 4 is 11.8 Å². The molecular weight excluding hydrogens is 644 g/mol. The van der Waals surface area contributed by atoms with Crippen LogP contribution >= 0.6 is 0 Å². The molecule has 0 aromatic carbocycles. The average Bonchev–Trinajstić information content (AvgIpc) is 3.48. The summed E-state index contributed by atoms with van der Waals surface area (Å²) >= 11 is 0. The van der Waals surface area contributed by atoms with Gasteiger partial charge in [0.25, 0.3) is 11.5 Å². The fourth-order valence-electron chi connectivity index (χ4n) is 7.16. The molecule has 0 radical (unpaired) electrons. The maximum absolute atomic E-state index is 14.3. The zero-order valence-corrected chi connectivity index (χ0v) is 27.9. The van der Waals surface area contributed by atoms with Crippen LogP contribution in [0.2, 0.25) is 0 Å². The molecule has 10 atom stereocenters. The molecule has 3 aliphatic heterocycles. The number of aromatic amines is 1. The van der Waals surface area contributed by atoms with Crippen LogP contribution < -0.4 is 22.3 Å². The number of ether oxygens (including phenoxy) is 3. The number of nitrogens with two attached hydrogens (primary N) is 1. The van der Waals surface area contributed by atoms with Crippen LogP contribution in [0.25, 0.3) is 0 Å². The number of aliphatic hydroxyl groups is 4. The predicted molar refractivity (Wildman–Crippen MR) is 173 cm³/mol. The number of hydrogen-bond acceptors (Lipinski definition) is 13. The van der Waals surface area contributed by atoms with Gasteiger partial charge in [0.05, 0.1) is 0 Å². The quantitative estimate of drug-likeness (QED) is 0.151. The monoisotopic (exact) mass is 694 g/mol. The molecule has 4 aliphatic rings. The number of rotatable bonds is 8. The van der Waals surface area contributed by atoms with Gasteiger partial charge in [0, 0.05) is 38.4 Å². The smallest absolute Gasteiger partial charge is 0.330 e. The fourth-order valence-corrected chi connectivity index (χ4v) is 7.16. The minimum atomic E-state index is -1.75. The molecule has 1 aromatic rings. The molecule has 5 rings (SSSR count). The van der Waals surface area contributed by atoms with E-state index in [4.69, 9.17) is 19.9 Å². The minimum absolute atomic E-state index is 0.0393. The van der Waals surface area contributed by atoms with Crippen molar-refractivity contribution in [3.63, 3.8) is 0 Å². The third-order valence-electron chi connectivity index (χ3n) is 10.0.